The molecule has 1 heterocycles. The van der Waals surface area contributed by atoms with E-state index in [4.69, 9.17) is 9.47 Å². The van der Waals surface area contributed by atoms with Gasteiger partial charge in [-0.1, -0.05) is 0 Å². The number of piperidine rings is 1. The van der Waals surface area contributed by atoms with Crippen LogP contribution in [0.25, 0.3) is 0 Å². The summed E-state index contributed by atoms with van der Waals surface area (Å²) >= 11 is 0. The molecule has 12 heteroatoms. The lowest BCUT2D eigenvalue weighted by Crippen LogP contribution is -2.58. The summed E-state index contributed by atoms with van der Waals surface area (Å²) < 4.78 is 74.2. The molecule has 4 rings (SSSR count). The molecule has 1 saturated carbocycles. The molecule has 0 spiro atoms. The Hall–Kier alpha value is -2.83. The molecule has 37 heavy (non-hydrogen) atoms. The van der Waals surface area contributed by atoms with Crippen LogP contribution in [0, 0.1) is 0 Å². The Morgan fingerprint density at radius 3 is 1.95 bits per heavy atom. The highest BCUT2D eigenvalue weighted by atomic mass is 32.2. The van der Waals surface area contributed by atoms with Crippen molar-refractivity contribution >= 4 is 15.7 Å². The highest BCUT2D eigenvalue weighted by molar-refractivity contribution is 7.93. The number of sulfone groups is 1. The summed E-state index contributed by atoms with van der Waals surface area (Å²) in [5.74, 6) is -0.194. The van der Waals surface area contributed by atoms with Gasteiger partial charge in [0.15, 0.2) is 14.6 Å². The monoisotopic (exact) mass is 542 g/mol. The zero-order valence-corrected chi connectivity index (χ0v) is 20.9. The van der Waals surface area contributed by atoms with Crippen LogP contribution in [0.4, 0.5) is 13.2 Å². The van der Waals surface area contributed by atoms with Gasteiger partial charge in [-0.25, -0.2) is 13.9 Å². The van der Waals surface area contributed by atoms with Crippen LogP contribution in [0.2, 0.25) is 0 Å². The van der Waals surface area contributed by atoms with Gasteiger partial charge in [0, 0.05) is 25.6 Å². The van der Waals surface area contributed by atoms with E-state index in [1.807, 2.05) is 0 Å². The number of nitrogens with one attached hydrogen (secondary N) is 1. The molecule has 1 amide bonds. The number of amides is 1. The van der Waals surface area contributed by atoms with Crippen molar-refractivity contribution < 1.29 is 41.1 Å². The molecule has 1 aliphatic heterocycles. The zero-order valence-electron chi connectivity index (χ0n) is 20.0. The highest BCUT2D eigenvalue weighted by Crippen LogP contribution is 2.39. The van der Waals surface area contributed by atoms with E-state index in [2.05, 4.69) is 4.90 Å². The molecule has 0 aromatic heterocycles. The summed E-state index contributed by atoms with van der Waals surface area (Å²) in [6.07, 6.45) is -1.62. The van der Waals surface area contributed by atoms with Gasteiger partial charge in [0.05, 0.1) is 23.7 Å². The van der Waals surface area contributed by atoms with Crippen LogP contribution in [0.1, 0.15) is 37.7 Å². The Bertz CT molecular complexity index is 1170. The maximum Gasteiger partial charge on any atom is 0.416 e. The number of ether oxygens (including phenoxy) is 2. The van der Waals surface area contributed by atoms with Crippen molar-refractivity contribution in [2.75, 3.05) is 26.3 Å². The van der Waals surface area contributed by atoms with Crippen LogP contribution in [0.15, 0.2) is 53.4 Å². The first-order chi connectivity index (χ1) is 17.6. The van der Waals surface area contributed by atoms with Crippen molar-refractivity contribution in [2.45, 2.75) is 54.0 Å². The predicted molar refractivity (Wildman–Crippen MR) is 127 cm³/mol. The van der Waals surface area contributed by atoms with Gasteiger partial charge >= 0.3 is 6.18 Å². The van der Waals surface area contributed by atoms with Gasteiger partial charge in [0.2, 0.25) is 0 Å². The first-order valence-electron chi connectivity index (χ1n) is 12.0. The number of likely N-dealkylation sites (tertiary alicyclic amines) is 1. The Morgan fingerprint density at radius 2 is 1.49 bits per heavy atom. The number of carbonyl (C=O) groups excluding carboxylic acids is 1. The first-order valence-corrected chi connectivity index (χ1v) is 13.5. The maximum atomic E-state index is 13.5. The van der Waals surface area contributed by atoms with Gasteiger partial charge in [-0.15, -0.1) is 0 Å². The van der Waals surface area contributed by atoms with E-state index in [1.165, 1.54) is 36.4 Å². The topological polar surface area (TPSA) is 105 Å². The number of nitrogens with zero attached hydrogens (tertiary/aromatic N) is 1. The van der Waals surface area contributed by atoms with E-state index in [-0.39, 0.29) is 31.0 Å². The van der Waals surface area contributed by atoms with Crippen molar-refractivity contribution in [3.8, 4) is 11.5 Å². The molecule has 0 bridgehead atoms. The standard InChI is InChI=1S/C25H29F3N2O6S/c26-25(27,28)18-2-6-20(7-3-18)35-16-1-17-36-21-8-10-22(11-9-21)37(33,34)24(23(31)29-32)12-14-30(15-13-24)19-4-5-19/h2-3,6-11,19,32H,1,4-5,12-17H2,(H,29,31). The van der Waals surface area contributed by atoms with Crippen LogP contribution in [0.5, 0.6) is 11.5 Å². The second kappa shape index (κ2) is 10.9. The van der Waals surface area contributed by atoms with Crippen molar-refractivity contribution in [1.82, 2.24) is 10.4 Å². The summed E-state index contributed by atoms with van der Waals surface area (Å²) in [6.45, 7) is 1.38. The summed E-state index contributed by atoms with van der Waals surface area (Å²) in [5, 5.41) is 9.30. The molecule has 202 valence electrons. The molecular formula is C25H29F3N2O6S. The number of benzene rings is 2. The third-order valence-electron chi connectivity index (χ3n) is 6.84. The number of carbonyl (C=O) groups is 1. The molecule has 2 aliphatic rings. The molecule has 0 unspecified atom stereocenters. The van der Waals surface area contributed by atoms with Gasteiger partial charge in [-0.05, 0) is 74.2 Å². The fraction of sp³-hybridized carbons (Fsp3) is 0.480. The lowest BCUT2D eigenvalue weighted by Gasteiger charge is -2.39. The van der Waals surface area contributed by atoms with Crippen molar-refractivity contribution in [3.05, 3.63) is 54.1 Å². The SMILES string of the molecule is O=C(NO)C1(S(=O)(=O)c2ccc(OCCCOc3ccc(C(F)(F)F)cc3)cc2)CCN(C2CC2)CC1. The minimum Gasteiger partial charge on any atom is -0.493 e. The van der Waals surface area contributed by atoms with Gasteiger partial charge < -0.3 is 14.4 Å². The third-order valence-corrected chi connectivity index (χ3v) is 9.36. The third kappa shape index (κ3) is 6.02. The molecule has 8 nitrogen and oxygen atoms in total. The number of hydrogen-bond donors (Lipinski definition) is 2. The van der Waals surface area contributed by atoms with Crippen LogP contribution in [0.3, 0.4) is 0 Å². The van der Waals surface area contributed by atoms with Crippen LogP contribution < -0.4 is 15.0 Å². The van der Waals surface area contributed by atoms with Gasteiger partial charge in [0.25, 0.3) is 5.91 Å². The quantitative estimate of drug-likeness (QED) is 0.267. The summed E-state index contributed by atoms with van der Waals surface area (Å²) in [4.78, 5) is 14.7. The molecule has 2 aromatic rings. The van der Waals surface area contributed by atoms with Crippen LogP contribution >= 0.6 is 0 Å². The first kappa shape index (κ1) is 27.2. The largest absolute Gasteiger partial charge is 0.493 e. The summed E-state index contributed by atoms with van der Waals surface area (Å²) in [5.41, 5.74) is 0.811. The van der Waals surface area contributed by atoms with Crippen molar-refractivity contribution in [3.63, 3.8) is 0 Å². The molecule has 2 N–H and O–H groups in total. The fourth-order valence-electron chi connectivity index (χ4n) is 4.53. The van der Waals surface area contributed by atoms with Gasteiger partial charge in [-0.2, -0.15) is 13.2 Å². The van der Waals surface area contributed by atoms with E-state index in [0.29, 0.717) is 37.1 Å². The Morgan fingerprint density at radius 1 is 0.973 bits per heavy atom. The normalized spacial score (nSPS) is 18.3. The second-order valence-electron chi connectivity index (χ2n) is 9.25. The van der Waals surface area contributed by atoms with Crippen LogP contribution in [-0.4, -0.2) is 61.5 Å². The minimum atomic E-state index is -4.40. The van der Waals surface area contributed by atoms with Crippen molar-refractivity contribution in [2.24, 2.45) is 0 Å². The Kier molecular flexibility index (Phi) is 8.00. The van der Waals surface area contributed by atoms with E-state index in [1.54, 1.807) is 5.48 Å². The molecule has 1 aliphatic carbocycles. The summed E-state index contributed by atoms with van der Waals surface area (Å²) in [6, 6.07) is 10.6. The van der Waals surface area contributed by atoms with E-state index < -0.39 is 32.2 Å². The Balaban J connectivity index is 1.30. The number of rotatable bonds is 10. The molecular weight excluding hydrogens is 513 g/mol. The number of alkyl halides is 3. The summed E-state index contributed by atoms with van der Waals surface area (Å²) in [7, 11) is -4.10. The minimum absolute atomic E-state index is 0.0334. The molecule has 2 fully saturated rings. The average molecular weight is 543 g/mol. The lowest BCUT2D eigenvalue weighted by atomic mass is 9.94. The molecule has 1 saturated heterocycles. The second-order valence-corrected chi connectivity index (χ2v) is 11.5. The number of halogens is 3. The van der Waals surface area contributed by atoms with Crippen LogP contribution in [-0.2, 0) is 20.8 Å². The van der Waals surface area contributed by atoms with Gasteiger partial charge in [0.1, 0.15) is 11.5 Å². The predicted octanol–water partition coefficient (Wildman–Crippen LogP) is 3.83. The zero-order chi connectivity index (χ0) is 26.7. The van der Waals surface area contributed by atoms with Gasteiger partial charge in [-0.3, -0.25) is 10.0 Å². The van der Waals surface area contributed by atoms with E-state index in [0.717, 1.165) is 25.0 Å². The average Bonchev–Trinajstić information content (AvgIpc) is 3.74. The molecule has 0 atom stereocenters. The molecule has 2 aromatic carbocycles. The Labute approximate surface area is 213 Å². The van der Waals surface area contributed by atoms with Crippen molar-refractivity contribution in [1.29, 1.82) is 0 Å². The van der Waals surface area contributed by atoms with E-state index in [9.17, 15) is 31.6 Å². The molecule has 0 radical (unpaired) electrons. The smallest absolute Gasteiger partial charge is 0.416 e. The van der Waals surface area contributed by atoms with E-state index >= 15 is 0 Å². The number of hydrogen-bond acceptors (Lipinski definition) is 7. The number of hydroxylamine groups is 1. The maximum absolute atomic E-state index is 13.5. The lowest BCUT2D eigenvalue weighted by molar-refractivity contribution is -0.137. The fourth-order valence-corrected chi connectivity index (χ4v) is 6.48. The highest BCUT2D eigenvalue weighted by Gasteiger charge is 2.54.